The normalized spacial score (nSPS) is 11.0. The summed E-state index contributed by atoms with van der Waals surface area (Å²) in [7, 11) is 3.93. The van der Waals surface area contributed by atoms with Crippen molar-refractivity contribution in [3.63, 3.8) is 0 Å². The van der Waals surface area contributed by atoms with E-state index >= 15 is 0 Å². The molecule has 0 fully saturated rings. The maximum atomic E-state index is 5.25. The van der Waals surface area contributed by atoms with Crippen LogP contribution in [0.15, 0.2) is 4.52 Å². The van der Waals surface area contributed by atoms with Crippen molar-refractivity contribution in [3.05, 3.63) is 11.5 Å². The topological polar surface area (TPSA) is 55.1 Å². The van der Waals surface area contributed by atoms with Gasteiger partial charge in [-0.05, 0) is 6.42 Å². The summed E-state index contributed by atoms with van der Waals surface area (Å²) in [5, 5.41) is 4.96. The molecule has 2 aromatic heterocycles. The molecule has 5 heteroatoms. The summed E-state index contributed by atoms with van der Waals surface area (Å²) in [6.45, 7) is 4.07. The molecule has 2 rings (SSSR count). The van der Waals surface area contributed by atoms with Crippen LogP contribution >= 0.6 is 0 Å². The Labute approximate surface area is 94.5 Å². The van der Waals surface area contributed by atoms with Crippen LogP contribution in [0.4, 0.5) is 5.82 Å². The highest BCUT2D eigenvalue weighted by atomic mass is 16.5. The van der Waals surface area contributed by atoms with Gasteiger partial charge in [-0.1, -0.05) is 19.0 Å². The number of aryl methyl sites for hydroxylation is 2. The Balaban J connectivity index is 2.75. The van der Waals surface area contributed by atoms with Gasteiger partial charge < -0.3 is 9.42 Å². The van der Waals surface area contributed by atoms with E-state index in [0.29, 0.717) is 5.71 Å². The number of hydrogen-bond donors (Lipinski definition) is 0. The fourth-order valence-corrected chi connectivity index (χ4v) is 1.66. The van der Waals surface area contributed by atoms with Gasteiger partial charge in [0, 0.05) is 20.5 Å². The van der Waals surface area contributed by atoms with E-state index in [-0.39, 0.29) is 0 Å². The Morgan fingerprint density at radius 1 is 1.12 bits per heavy atom. The number of nitrogens with zero attached hydrogens (tertiary/aromatic N) is 4. The minimum absolute atomic E-state index is 0.590. The van der Waals surface area contributed by atoms with Gasteiger partial charge in [-0.2, -0.15) is 4.98 Å². The predicted octanol–water partition coefficient (Wildman–Crippen LogP) is 1.81. The standard InChI is InChI=1S/C11H16N4O/c1-5-7-9-10(15(3)4)12-8(6-2)13-11(9)16-14-7/h5-6H2,1-4H3. The lowest BCUT2D eigenvalue weighted by Crippen LogP contribution is -2.13. The molecule has 16 heavy (non-hydrogen) atoms. The summed E-state index contributed by atoms with van der Waals surface area (Å²) in [4.78, 5) is 10.8. The van der Waals surface area contributed by atoms with Gasteiger partial charge in [0.2, 0.25) is 0 Å². The second-order valence-corrected chi connectivity index (χ2v) is 3.87. The molecule has 0 saturated carbocycles. The summed E-state index contributed by atoms with van der Waals surface area (Å²) in [6.07, 6.45) is 1.61. The minimum Gasteiger partial charge on any atom is -0.362 e. The van der Waals surface area contributed by atoms with Crippen molar-refractivity contribution >= 4 is 16.9 Å². The van der Waals surface area contributed by atoms with Gasteiger partial charge in [-0.25, -0.2) is 4.98 Å². The Bertz CT molecular complexity index is 504. The molecule has 2 aromatic rings. The smallest absolute Gasteiger partial charge is 0.263 e. The maximum absolute atomic E-state index is 5.25. The van der Waals surface area contributed by atoms with Gasteiger partial charge in [0.1, 0.15) is 17.0 Å². The second kappa shape index (κ2) is 4.08. The van der Waals surface area contributed by atoms with Crippen LogP contribution in [0.5, 0.6) is 0 Å². The molecule has 5 nitrogen and oxygen atoms in total. The predicted molar refractivity (Wildman–Crippen MR) is 62.7 cm³/mol. The van der Waals surface area contributed by atoms with Gasteiger partial charge in [0.25, 0.3) is 5.71 Å². The van der Waals surface area contributed by atoms with E-state index in [2.05, 4.69) is 15.1 Å². The first-order chi connectivity index (χ1) is 7.67. The van der Waals surface area contributed by atoms with Crippen LogP contribution in [0.3, 0.4) is 0 Å². The van der Waals surface area contributed by atoms with Gasteiger partial charge in [0.05, 0.1) is 5.69 Å². The Morgan fingerprint density at radius 3 is 2.44 bits per heavy atom. The Morgan fingerprint density at radius 2 is 1.88 bits per heavy atom. The third-order valence-corrected chi connectivity index (χ3v) is 2.51. The van der Waals surface area contributed by atoms with Gasteiger partial charge in [-0.15, -0.1) is 0 Å². The lowest BCUT2D eigenvalue weighted by molar-refractivity contribution is 0.439. The average Bonchev–Trinajstić information content (AvgIpc) is 2.70. The number of rotatable bonds is 3. The average molecular weight is 220 g/mol. The van der Waals surface area contributed by atoms with Crippen molar-refractivity contribution in [3.8, 4) is 0 Å². The van der Waals surface area contributed by atoms with Crippen molar-refractivity contribution in [2.45, 2.75) is 26.7 Å². The molecule has 0 spiro atoms. The molecular weight excluding hydrogens is 204 g/mol. The second-order valence-electron chi connectivity index (χ2n) is 3.87. The van der Waals surface area contributed by atoms with Crippen LogP contribution in [-0.2, 0) is 12.8 Å². The van der Waals surface area contributed by atoms with Crippen LogP contribution in [0.25, 0.3) is 11.1 Å². The molecule has 0 aromatic carbocycles. The van der Waals surface area contributed by atoms with Crippen molar-refractivity contribution in [2.24, 2.45) is 0 Å². The summed E-state index contributed by atoms with van der Waals surface area (Å²) < 4.78 is 5.25. The van der Waals surface area contributed by atoms with E-state index in [1.165, 1.54) is 0 Å². The number of aromatic nitrogens is 3. The van der Waals surface area contributed by atoms with Crippen molar-refractivity contribution in [2.75, 3.05) is 19.0 Å². The van der Waals surface area contributed by atoms with Crippen molar-refractivity contribution < 1.29 is 4.52 Å². The number of hydrogen-bond acceptors (Lipinski definition) is 5. The molecule has 0 atom stereocenters. The zero-order valence-corrected chi connectivity index (χ0v) is 10.1. The molecule has 0 unspecified atom stereocenters. The largest absolute Gasteiger partial charge is 0.362 e. The summed E-state index contributed by atoms with van der Waals surface area (Å²) in [6, 6.07) is 0. The molecule has 0 radical (unpaired) electrons. The highest BCUT2D eigenvalue weighted by Crippen LogP contribution is 2.26. The van der Waals surface area contributed by atoms with Crippen molar-refractivity contribution in [1.29, 1.82) is 0 Å². The first-order valence-corrected chi connectivity index (χ1v) is 5.49. The van der Waals surface area contributed by atoms with Gasteiger partial charge in [-0.3, -0.25) is 0 Å². The van der Waals surface area contributed by atoms with Crippen LogP contribution in [0, 0.1) is 0 Å². The highest BCUT2D eigenvalue weighted by molar-refractivity contribution is 5.88. The lowest BCUT2D eigenvalue weighted by atomic mass is 10.2. The Kier molecular flexibility index (Phi) is 2.77. The molecule has 0 N–H and O–H groups in total. The first-order valence-electron chi connectivity index (χ1n) is 5.49. The molecular formula is C11H16N4O. The molecule has 0 aliphatic carbocycles. The van der Waals surface area contributed by atoms with Gasteiger partial charge >= 0.3 is 0 Å². The van der Waals surface area contributed by atoms with E-state index in [1.54, 1.807) is 0 Å². The summed E-state index contributed by atoms with van der Waals surface area (Å²) in [5.74, 6) is 1.68. The van der Waals surface area contributed by atoms with E-state index in [1.807, 2.05) is 32.8 Å². The van der Waals surface area contributed by atoms with Gasteiger partial charge in [0.15, 0.2) is 0 Å². The van der Waals surface area contributed by atoms with E-state index < -0.39 is 0 Å². The van der Waals surface area contributed by atoms with Crippen molar-refractivity contribution in [1.82, 2.24) is 15.1 Å². The molecule has 0 aliphatic rings. The third kappa shape index (κ3) is 1.62. The third-order valence-electron chi connectivity index (χ3n) is 2.51. The maximum Gasteiger partial charge on any atom is 0.263 e. The molecule has 0 aliphatic heterocycles. The minimum atomic E-state index is 0.590. The SMILES string of the molecule is CCc1nc(N(C)C)c2c(CC)noc2n1. The van der Waals surface area contributed by atoms with Crippen LogP contribution in [-0.4, -0.2) is 29.2 Å². The van der Waals surface area contributed by atoms with Crippen LogP contribution in [0.2, 0.25) is 0 Å². The molecule has 0 saturated heterocycles. The number of anilines is 1. The fourth-order valence-electron chi connectivity index (χ4n) is 1.66. The quantitative estimate of drug-likeness (QED) is 0.789. The Hall–Kier alpha value is -1.65. The lowest BCUT2D eigenvalue weighted by Gasteiger charge is -2.12. The highest BCUT2D eigenvalue weighted by Gasteiger charge is 2.16. The zero-order valence-electron chi connectivity index (χ0n) is 10.1. The zero-order chi connectivity index (χ0) is 11.7. The van der Waals surface area contributed by atoms with E-state index in [0.717, 1.165) is 35.6 Å². The van der Waals surface area contributed by atoms with E-state index in [4.69, 9.17) is 4.52 Å². The molecule has 86 valence electrons. The summed E-state index contributed by atoms with van der Waals surface area (Å²) >= 11 is 0. The molecule has 2 heterocycles. The number of fused-ring (bicyclic) bond motifs is 1. The first kappa shape index (κ1) is 10.9. The van der Waals surface area contributed by atoms with E-state index in [9.17, 15) is 0 Å². The van der Waals surface area contributed by atoms with Crippen LogP contribution < -0.4 is 4.90 Å². The molecule has 0 bridgehead atoms. The summed E-state index contributed by atoms with van der Waals surface area (Å²) in [5.41, 5.74) is 1.51. The molecule has 0 amide bonds. The monoisotopic (exact) mass is 220 g/mol. The fraction of sp³-hybridized carbons (Fsp3) is 0.545. The van der Waals surface area contributed by atoms with Crippen LogP contribution in [0.1, 0.15) is 25.4 Å².